The average Bonchev–Trinajstić information content (AvgIpc) is 1.89. The zero-order valence-corrected chi connectivity index (χ0v) is 5.95. The summed E-state index contributed by atoms with van der Waals surface area (Å²) < 4.78 is 0. The molecular weight excluding hydrogens is 108 g/mol. The minimum atomic E-state index is 0.830. The first kappa shape index (κ1) is 8.56. The first-order valence-corrected chi connectivity index (χ1v) is 3.60. The van der Waals surface area contributed by atoms with Gasteiger partial charge in [-0.05, 0) is 12.8 Å². The van der Waals surface area contributed by atoms with Crippen molar-refractivity contribution in [1.82, 2.24) is 0 Å². The maximum atomic E-state index is 6.62. The summed E-state index contributed by atoms with van der Waals surface area (Å²) in [5, 5.41) is 0. The van der Waals surface area contributed by atoms with Gasteiger partial charge < -0.3 is 0 Å². The van der Waals surface area contributed by atoms with Gasteiger partial charge in [-0.3, -0.25) is 0 Å². The molecule has 0 heteroatoms. The van der Waals surface area contributed by atoms with E-state index in [9.17, 15) is 0 Å². The molecule has 0 saturated carbocycles. The second-order valence-corrected chi connectivity index (χ2v) is 2.19. The van der Waals surface area contributed by atoms with Crippen LogP contribution in [0.2, 0.25) is 0 Å². The Morgan fingerprint density at radius 2 is 1.78 bits per heavy atom. The van der Waals surface area contributed by atoms with E-state index in [1.165, 1.54) is 19.3 Å². The molecule has 50 valence electrons. The highest BCUT2D eigenvalue weighted by molar-refractivity contribution is 4.74. The van der Waals surface area contributed by atoms with Crippen LogP contribution in [0.3, 0.4) is 0 Å². The van der Waals surface area contributed by atoms with Crippen LogP contribution in [0.25, 0.3) is 0 Å². The fraction of sp³-hybridized carbons (Fsp3) is 0.667. The van der Waals surface area contributed by atoms with E-state index in [2.05, 4.69) is 12.8 Å². The van der Waals surface area contributed by atoms with E-state index in [4.69, 9.17) is 6.42 Å². The van der Waals surface area contributed by atoms with Gasteiger partial charge in [0.15, 0.2) is 0 Å². The molecule has 0 aromatic carbocycles. The van der Waals surface area contributed by atoms with Crippen LogP contribution in [0.4, 0.5) is 0 Å². The van der Waals surface area contributed by atoms with E-state index in [0.717, 1.165) is 19.3 Å². The SMILES string of the molecule is [C]#CCCCCCC[CH2]. The summed E-state index contributed by atoms with van der Waals surface area (Å²) >= 11 is 0. The van der Waals surface area contributed by atoms with E-state index in [-0.39, 0.29) is 0 Å². The molecule has 0 rings (SSSR count). The van der Waals surface area contributed by atoms with E-state index in [1.54, 1.807) is 0 Å². The van der Waals surface area contributed by atoms with E-state index < -0.39 is 0 Å². The van der Waals surface area contributed by atoms with Gasteiger partial charge in [-0.2, -0.15) is 0 Å². The van der Waals surface area contributed by atoms with Crippen molar-refractivity contribution in [3.8, 4) is 5.92 Å². The highest BCUT2D eigenvalue weighted by Gasteiger charge is 1.84. The Bertz CT molecular complexity index is 76.5. The van der Waals surface area contributed by atoms with Gasteiger partial charge in [0.25, 0.3) is 0 Å². The Balaban J connectivity index is 2.69. The first-order valence-electron chi connectivity index (χ1n) is 3.60. The van der Waals surface area contributed by atoms with Crippen molar-refractivity contribution in [2.45, 2.75) is 38.5 Å². The van der Waals surface area contributed by atoms with Crippen LogP contribution in [0.5, 0.6) is 0 Å². The zero-order chi connectivity index (χ0) is 6.95. The fourth-order valence-electron chi connectivity index (χ4n) is 0.744. The molecule has 0 atom stereocenters. The molecule has 0 bridgehead atoms. The first-order chi connectivity index (χ1) is 4.41. The molecule has 2 radical (unpaired) electrons. The van der Waals surface area contributed by atoms with Gasteiger partial charge in [-0.25, -0.2) is 0 Å². The molecule has 0 amide bonds. The molecule has 0 aliphatic rings. The van der Waals surface area contributed by atoms with Crippen LogP contribution in [-0.4, -0.2) is 0 Å². The molecule has 0 aliphatic heterocycles. The molecule has 0 aromatic heterocycles. The maximum absolute atomic E-state index is 6.62. The molecule has 0 N–H and O–H groups in total. The molecule has 0 nitrogen and oxygen atoms in total. The summed E-state index contributed by atoms with van der Waals surface area (Å²) in [7, 11) is 0. The van der Waals surface area contributed by atoms with Crippen molar-refractivity contribution in [2.24, 2.45) is 0 Å². The van der Waals surface area contributed by atoms with E-state index in [0.29, 0.717) is 0 Å². The van der Waals surface area contributed by atoms with Crippen LogP contribution < -0.4 is 0 Å². The standard InChI is InChI=1S/C9H14/c1-3-5-7-9-8-6-4-2/h1,3,5-9H2. The lowest BCUT2D eigenvalue weighted by Gasteiger charge is -1.93. The highest BCUT2D eigenvalue weighted by atomic mass is 13.9. The molecule has 0 fully saturated rings. The molecule has 0 heterocycles. The zero-order valence-electron chi connectivity index (χ0n) is 5.95. The van der Waals surface area contributed by atoms with E-state index in [1.807, 2.05) is 0 Å². The average molecular weight is 122 g/mol. The second-order valence-electron chi connectivity index (χ2n) is 2.19. The quantitative estimate of drug-likeness (QED) is 0.388. The Labute approximate surface area is 58.7 Å². The molecule has 0 aromatic rings. The lowest BCUT2D eigenvalue weighted by atomic mass is 10.1. The molecule has 0 aliphatic carbocycles. The number of unbranched alkanes of at least 4 members (excludes halogenated alkanes) is 5. The lowest BCUT2D eigenvalue weighted by Crippen LogP contribution is -1.75. The summed E-state index contributed by atoms with van der Waals surface area (Å²) in [4.78, 5) is 0. The van der Waals surface area contributed by atoms with Crippen LogP contribution in [0, 0.1) is 19.3 Å². The number of hydrogen-bond acceptors (Lipinski definition) is 0. The van der Waals surface area contributed by atoms with Gasteiger partial charge >= 0.3 is 0 Å². The topological polar surface area (TPSA) is 0 Å². The Hall–Kier alpha value is -0.440. The summed E-state index contributed by atoms with van der Waals surface area (Å²) in [6.07, 6.45) is 13.4. The molecule has 0 saturated heterocycles. The summed E-state index contributed by atoms with van der Waals surface area (Å²) in [5.41, 5.74) is 0. The largest absolute Gasteiger partial charge is 0.0891 e. The van der Waals surface area contributed by atoms with Crippen molar-refractivity contribution in [3.63, 3.8) is 0 Å². The Kier molecular flexibility index (Phi) is 7.19. The fourth-order valence-corrected chi connectivity index (χ4v) is 0.744. The van der Waals surface area contributed by atoms with Crippen molar-refractivity contribution in [3.05, 3.63) is 13.3 Å². The van der Waals surface area contributed by atoms with Crippen molar-refractivity contribution in [2.75, 3.05) is 0 Å². The normalized spacial score (nSPS) is 8.89. The van der Waals surface area contributed by atoms with Crippen molar-refractivity contribution >= 4 is 0 Å². The minimum Gasteiger partial charge on any atom is -0.0891 e. The van der Waals surface area contributed by atoms with Crippen molar-refractivity contribution < 1.29 is 0 Å². The smallest absolute Gasteiger partial charge is 0.00989 e. The highest BCUT2D eigenvalue weighted by Crippen LogP contribution is 2.03. The third-order valence-electron chi connectivity index (χ3n) is 1.30. The Morgan fingerprint density at radius 3 is 2.33 bits per heavy atom. The second kappa shape index (κ2) is 7.56. The predicted octanol–water partition coefficient (Wildman–Crippen LogP) is 2.75. The van der Waals surface area contributed by atoms with Crippen LogP contribution in [-0.2, 0) is 0 Å². The minimum absolute atomic E-state index is 0.830. The summed E-state index contributed by atoms with van der Waals surface area (Å²) in [6.45, 7) is 3.75. The van der Waals surface area contributed by atoms with Gasteiger partial charge in [0.05, 0.1) is 0 Å². The summed E-state index contributed by atoms with van der Waals surface area (Å²) in [6, 6.07) is 0. The van der Waals surface area contributed by atoms with Crippen molar-refractivity contribution in [1.29, 1.82) is 0 Å². The van der Waals surface area contributed by atoms with Crippen LogP contribution >= 0.6 is 0 Å². The number of hydrogen-bond donors (Lipinski definition) is 0. The van der Waals surface area contributed by atoms with E-state index >= 15 is 0 Å². The van der Waals surface area contributed by atoms with Crippen LogP contribution in [0.15, 0.2) is 0 Å². The van der Waals surface area contributed by atoms with Gasteiger partial charge in [0.2, 0.25) is 0 Å². The predicted molar refractivity (Wildman–Crippen MR) is 40.2 cm³/mol. The monoisotopic (exact) mass is 122 g/mol. The molecule has 0 unspecified atom stereocenters. The van der Waals surface area contributed by atoms with Crippen LogP contribution in [0.1, 0.15) is 38.5 Å². The lowest BCUT2D eigenvalue weighted by molar-refractivity contribution is 0.655. The Morgan fingerprint density at radius 1 is 1.11 bits per heavy atom. The third-order valence-corrected chi connectivity index (χ3v) is 1.30. The maximum Gasteiger partial charge on any atom is 0.00989 e. The molecule has 0 spiro atoms. The third kappa shape index (κ3) is 7.56. The van der Waals surface area contributed by atoms with Gasteiger partial charge in [-0.1, -0.05) is 38.5 Å². The van der Waals surface area contributed by atoms with Gasteiger partial charge in [0.1, 0.15) is 0 Å². The van der Waals surface area contributed by atoms with Gasteiger partial charge in [0, 0.05) is 6.42 Å². The summed E-state index contributed by atoms with van der Waals surface area (Å²) in [5.74, 6) is 2.38. The molecular formula is C9H14. The number of rotatable bonds is 5. The molecule has 9 heavy (non-hydrogen) atoms. The van der Waals surface area contributed by atoms with Gasteiger partial charge in [-0.15, -0.1) is 0 Å².